The Bertz CT molecular complexity index is 1020. The van der Waals surface area contributed by atoms with Crippen molar-refractivity contribution in [3.8, 4) is 5.75 Å². The fourth-order valence-electron chi connectivity index (χ4n) is 3.69. The number of rotatable bonds is 7. The monoisotopic (exact) mass is 500 g/mol. The van der Waals surface area contributed by atoms with Crippen molar-refractivity contribution in [3.05, 3.63) is 53.1 Å². The number of alkyl halides is 3. The maximum Gasteiger partial charge on any atom is 0.393 e. The van der Waals surface area contributed by atoms with E-state index in [-0.39, 0.29) is 29.2 Å². The summed E-state index contributed by atoms with van der Waals surface area (Å²) in [5.41, 5.74) is 0.207. The van der Waals surface area contributed by atoms with E-state index in [4.69, 9.17) is 21.1 Å². The molecule has 2 aromatic rings. The van der Waals surface area contributed by atoms with Crippen LogP contribution in [0.2, 0.25) is 5.02 Å². The predicted octanol–water partition coefficient (Wildman–Crippen LogP) is 4.99. The number of amides is 1. The first-order chi connectivity index (χ1) is 15.9. The molecule has 3 rings (SSSR count). The van der Waals surface area contributed by atoms with E-state index < -0.39 is 30.6 Å². The molecule has 7 nitrogen and oxygen atoms in total. The van der Waals surface area contributed by atoms with Crippen molar-refractivity contribution in [2.45, 2.75) is 44.8 Å². The van der Waals surface area contributed by atoms with Gasteiger partial charge < -0.3 is 24.8 Å². The Morgan fingerprint density at radius 2 is 1.79 bits per heavy atom. The van der Waals surface area contributed by atoms with Crippen LogP contribution >= 0.6 is 11.6 Å². The Balaban J connectivity index is 1.83. The summed E-state index contributed by atoms with van der Waals surface area (Å²) in [6.45, 7) is 4.88. The van der Waals surface area contributed by atoms with Crippen molar-refractivity contribution < 1.29 is 37.3 Å². The normalized spacial score (nSPS) is 19.4. The molecule has 1 unspecified atom stereocenters. The molecule has 1 saturated heterocycles. The first-order valence-corrected chi connectivity index (χ1v) is 10.9. The lowest BCUT2D eigenvalue weighted by molar-refractivity contribution is -0.158. The van der Waals surface area contributed by atoms with Gasteiger partial charge in [-0.1, -0.05) is 11.6 Å². The van der Waals surface area contributed by atoms with Gasteiger partial charge in [-0.2, -0.15) is 13.2 Å². The molecular weight excluding hydrogens is 477 g/mol. The summed E-state index contributed by atoms with van der Waals surface area (Å²) in [5, 5.41) is 12.3. The largest absolute Gasteiger partial charge is 0.480 e. The molecule has 0 radical (unpaired) electrons. The first kappa shape index (κ1) is 25.6. The van der Waals surface area contributed by atoms with Gasteiger partial charge in [0.1, 0.15) is 5.75 Å². The lowest BCUT2D eigenvalue weighted by atomic mass is 10.1. The second kappa shape index (κ2) is 10.5. The number of nitrogens with one attached hydrogen (secondary N) is 1. The fraction of sp³-hybridized carbons (Fsp3) is 0.391. The average Bonchev–Trinajstić information content (AvgIpc) is 2.73. The van der Waals surface area contributed by atoms with Crippen LogP contribution in [0.15, 0.2) is 42.5 Å². The molecular formula is C23H24ClF3N2O5. The van der Waals surface area contributed by atoms with Crippen molar-refractivity contribution in [2.75, 3.05) is 23.3 Å². The number of anilines is 2. The summed E-state index contributed by atoms with van der Waals surface area (Å²) in [5.74, 6) is -2.45. The van der Waals surface area contributed by atoms with E-state index in [0.29, 0.717) is 23.8 Å². The van der Waals surface area contributed by atoms with Gasteiger partial charge in [-0.3, -0.25) is 4.79 Å². The molecule has 1 aliphatic heterocycles. The summed E-state index contributed by atoms with van der Waals surface area (Å²) >= 11 is 5.78. The second-order valence-electron chi connectivity index (χ2n) is 8.07. The van der Waals surface area contributed by atoms with Crippen LogP contribution in [0.25, 0.3) is 0 Å². The number of morpholine rings is 1. The van der Waals surface area contributed by atoms with Crippen molar-refractivity contribution in [1.29, 1.82) is 0 Å². The van der Waals surface area contributed by atoms with Gasteiger partial charge in [0.2, 0.25) is 0 Å². The molecule has 2 N–H and O–H groups in total. The number of halogens is 4. The van der Waals surface area contributed by atoms with Gasteiger partial charge in [0.25, 0.3) is 5.91 Å². The molecule has 0 spiro atoms. The Hall–Kier alpha value is -2.98. The maximum atomic E-state index is 13.1. The van der Waals surface area contributed by atoms with Crippen LogP contribution in [0.5, 0.6) is 5.75 Å². The molecule has 1 fully saturated rings. The molecule has 2 aromatic carbocycles. The van der Waals surface area contributed by atoms with Crippen molar-refractivity contribution in [3.63, 3.8) is 0 Å². The third kappa shape index (κ3) is 7.01. The molecule has 11 heteroatoms. The number of nitrogens with zero attached hydrogens (tertiary/aromatic N) is 1. The van der Waals surface area contributed by atoms with E-state index in [9.17, 15) is 27.9 Å². The molecule has 0 bridgehead atoms. The van der Waals surface area contributed by atoms with E-state index in [1.54, 1.807) is 6.07 Å². The number of ether oxygens (including phenoxy) is 2. The highest BCUT2D eigenvalue weighted by molar-refractivity contribution is 6.30. The van der Waals surface area contributed by atoms with Crippen LogP contribution in [0.4, 0.5) is 24.5 Å². The molecule has 0 aliphatic carbocycles. The van der Waals surface area contributed by atoms with Crippen LogP contribution in [-0.2, 0) is 9.53 Å². The third-order valence-corrected chi connectivity index (χ3v) is 5.33. The van der Waals surface area contributed by atoms with Crippen LogP contribution in [0, 0.1) is 0 Å². The highest BCUT2D eigenvalue weighted by Gasteiger charge is 2.37. The van der Waals surface area contributed by atoms with E-state index in [1.165, 1.54) is 36.4 Å². The molecule has 1 aliphatic rings. The van der Waals surface area contributed by atoms with Gasteiger partial charge in [-0.15, -0.1) is 0 Å². The minimum Gasteiger partial charge on any atom is -0.480 e. The Kier molecular flexibility index (Phi) is 7.93. The van der Waals surface area contributed by atoms with Crippen molar-refractivity contribution in [1.82, 2.24) is 0 Å². The highest BCUT2D eigenvalue weighted by atomic mass is 35.5. The second-order valence-corrected chi connectivity index (χ2v) is 8.50. The maximum absolute atomic E-state index is 13.1. The third-order valence-electron chi connectivity index (χ3n) is 5.08. The van der Waals surface area contributed by atoms with E-state index in [0.717, 1.165) is 0 Å². The molecule has 1 heterocycles. The quantitative estimate of drug-likeness (QED) is 0.557. The summed E-state index contributed by atoms with van der Waals surface area (Å²) in [6.07, 6.45) is -8.33. The SMILES string of the molecule is CC1CN(c2ccc(NC(=O)[C@H](CC(F)(F)F)Oc3ccc(Cl)cc3)c(C(=O)O)c2)C[C@H](C)O1. The van der Waals surface area contributed by atoms with E-state index in [2.05, 4.69) is 5.32 Å². The lowest BCUT2D eigenvalue weighted by Crippen LogP contribution is -2.45. The molecule has 184 valence electrons. The first-order valence-electron chi connectivity index (χ1n) is 10.5. The van der Waals surface area contributed by atoms with Gasteiger partial charge in [-0.25, -0.2) is 4.79 Å². The summed E-state index contributed by atoms with van der Waals surface area (Å²) in [6, 6.07) is 9.82. The molecule has 0 aromatic heterocycles. The molecule has 34 heavy (non-hydrogen) atoms. The number of benzene rings is 2. The summed E-state index contributed by atoms with van der Waals surface area (Å²) in [4.78, 5) is 26.5. The van der Waals surface area contributed by atoms with Gasteiger partial charge in [0.15, 0.2) is 6.10 Å². The van der Waals surface area contributed by atoms with Gasteiger partial charge >= 0.3 is 12.1 Å². The van der Waals surface area contributed by atoms with Crippen LogP contribution in [0.3, 0.4) is 0 Å². The minimum absolute atomic E-state index is 0.0122. The number of carboxylic acid groups (broad SMARTS) is 1. The Morgan fingerprint density at radius 3 is 2.35 bits per heavy atom. The van der Waals surface area contributed by atoms with Gasteiger partial charge in [0, 0.05) is 23.8 Å². The van der Waals surface area contributed by atoms with Crippen molar-refractivity contribution in [2.24, 2.45) is 0 Å². The van der Waals surface area contributed by atoms with Crippen LogP contribution in [-0.4, -0.2) is 54.6 Å². The Labute approximate surface area is 199 Å². The fourth-order valence-corrected chi connectivity index (χ4v) is 3.82. The number of carboxylic acids is 1. The highest BCUT2D eigenvalue weighted by Crippen LogP contribution is 2.29. The number of carbonyl (C=O) groups is 2. The zero-order valence-electron chi connectivity index (χ0n) is 18.4. The minimum atomic E-state index is -4.70. The van der Waals surface area contributed by atoms with Gasteiger partial charge in [0.05, 0.1) is 29.9 Å². The summed E-state index contributed by atoms with van der Waals surface area (Å²) < 4.78 is 50.3. The van der Waals surface area contributed by atoms with Crippen molar-refractivity contribution >= 4 is 34.9 Å². The Morgan fingerprint density at radius 1 is 1.18 bits per heavy atom. The number of carbonyl (C=O) groups excluding carboxylic acids is 1. The molecule has 1 amide bonds. The zero-order chi connectivity index (χ0) is 25.0. The van der Waals surface area contributed by atoms with Crippen LogP contribution < -0.4 is 15.0 Å². The number of hydrogen-bond donors (Lipinski definition) is 2. The van der Waals surface area contributed by atoms with E-state index in [1.807, 2.05) is 18.7 Å². The predicted molar refractivity (Wildman–Crippen MR) is 121 cm³/mol. The van der Waals surface area contributed by atoms with Crippen LogP contribution in [0.1, 0.15) is 30.6 Å². The molecule has 0 saturated carbocycles. The zero-order valence-corrected chi connectivity index (χ0v) is 19.2. The molecule has 3 atom stereocenters. The average molecular weight is 501 g/mol. The number of hydrogen-bond acceptors (Lipinski definition) is 5. The standard InChI is InChI=1S/C23H24ClF3N2O5/c1-13-11-29(12-14(2)33-13)16-5-8-19(18(9-16)22(31)32)28-21(30)20(10-23(25,26)27)34-17-6-3-15(24)4-7-17/h3-9,13-14,20H,10-12H2,1-2H3,(H,28,30)(H,31,32)/t13-,14?,20-/m0/s1. The summed E-state index contributed by atoms with van der Waals surface area (Å²) in [7, 11) is 0. The van der Waals surface area contributed by atoms with Gasteiger partial charge in [-0.05, 0) is 56.3 Å². The number of aromatic carboxylic acids is 1. The van der Waals surface area contributed by atoms with E-state index >= 15 is 0 Å². The topological polar surface area (TPSA) is 88.1 Å². The lowest BCUT2D eigenvalue weighted by Gasteiger charge is -2.37. The smallest absolute Gasteiger partial charge is 0.393 e.